The number of carbonyl (C=O) groups excluding carboxylic acids is 1. The highest BCUT2D eigenvalue weighted by Gasteiger charge is 2.16. The Morgan fingerprint density at radius 1 is 1.29 bits per heavy atom. The molecule has 0 atom stereocenters. The lowest BCUT2D eigenvalue weighted by Gasteiger charge is -1.92. The van der Waals surface area contributed by atoms with E-state index in [1.807, 2.05) is 30.3 Å². The van der Waals surface area contributed by atoms with Gasteiger partial charge in [0.15, 0.2) is 0 Å². The molecule has 0 saturated heterocycles. The summed E-state index contributed by atoms with van der Waals surface area (Å²) in [5.41, 5.74) is 1.41. The van der Waals surface area contributed by atoms with Crippen LogP contribution in [0.15, 0.2) is 34.7 Å². The minimum absolute atomic E-state index is 0.221. The first kappa shape index (κ1) is 11.2. The van der Waals surface area contributed by atoms with Gasteiger partial charge in [-0.15, -0.1) is 0 Å². The fraction of sp³-hybridized carbons (Fsp3) is 0.143. The van der Waals surface area contributed by atoms with E-state index in [0.717, 1.165) is 5.56 Å². The first-order chi connectivity index (χ1) is 8.22. The lowest BCUT2D eigenvalue weighted by molar-refractivity contribution is 0.103. The highest BCUT2D eigenvalue weighted by Crippen LogP contribution is 2.21. The van der Waals surface area contributed by atoms with Crippen molar-refractivity contribution < 1.29 is 9.21 Å². The lowest BCUT2D eigenvalue weighted by atomic mass is 10.2. The van der Waals surface area contributed by atoms with Gasteiger partial charge in [-0.05, 0) is 31.9 Å². The third-order valence-corrected chi connectivity index (χ3v) is 2.26. The third-order valence-electron chi connectivity index (χ3n) is 2.26. The van der Waals surface area contributed by atoms with Crippen molar-refractivity contribution in [1.29, 1.82) is 0 Å². The Morgan fingerprint density at radius 3 is 2.65 bits per heavy atom. The van der Waals surface area contributed by atoms with Gasteiger partial charge in [-0.2, -0.15) is 0 Å². The Balaban J connectivity index is 2.43. The predicted octanol–water partition coefficient (Wildman–Crippen LogP) is 2.86. The summed E-state index contributed by atoms with van der Waals surface area (Å²) in [5.74, 6) is 5.34. The number of hydrogen-bond acceptors (Lipinski definition) is 3. The minimum Gasteiger partial charge on any atom is -0.432 e. The molecule has 2 rings (SSSR count). The number of ketones is 1. The Morgan fingerprint density at radius 2 is 2.00 bits per heavy atom. The third kappa shape index (κ3) is 2.26. The molecule has 0 saturated carbocycles. The van der Waals surface area contributed by atoms with Crippen molar-refractivity contribution >= 4 is 5.78 Å². The van der Waals surface area contributed by atoms with Crippen molar-refractivity contribution in [3.8, 4) is 23.3 Å². The molecular weight excluding hydrogens is 214 g/mol. The molecule has 2 aromatic rings. The maximum absolute atomic E-state index is 11.6. The van der Waals surface area contributed by atoms with Gasteiger partial charge < -0.3 is 4.42 Å². The molecule has 0 radical (unpaired) electrons. The fourth-order valence-electron chi connectivity index (χ4n) is 1.48. The van der Waals surface area contributed by atoms with Crippen LogP contribution in [0.1, 0.15) is 23.2 Å². The van der Waals surface area contributed by atoms with Gasteiger partial charge in [0.25, 0.3) is 5.78 Å². The number of benzene rings is 1. The predicted molar refractivity (Wildman–Crippen MR) is 64.5 cm³/mol. The van der Waals surface area contributed by atoms with Crippen LogP contribution >= 0.6 is 0 Å². The molecule has 0 N–H and O–H groups in total. The van der Waals surface area contributed by atoms with Crippen molar-refractivity contribution in [1.82, 2.24) is 4.98 Å². The second kappa shape index (κ2) is 4.67. The summed E-state index contributed by atoms with van der Waals surface area (Å²) in [6, 6.07) is 9.45. The van der Waals surface area contributed by atoms with E-state index in [0.29, 0.717) is 11.6 Å². The maximum Gasteiger partial charge on any atom is 0.273 e. The lowest BCUT2D eigenvalue weighted by Crippen LogP contribution is -1.94. The van der Waals surface area contributed by atoms with Crippen molar-refractivity contribution in [2.45, 2.75) is 13.8 Å². The van der Waals surface area contributed by atoms with E-state index in [1.54, 1.807) is 13.8 Å². The molecule has 0 bridgehead atoms. The molecule has 1 heterocycles. The molecular formula is C14H11NO2. The summed E-state index contributed by atoms with van der Waals surface area (Å²) in [5, 5.41) is 0. The van der Waals surface area contributed by atoms with Gasteiger partial charge in [0.2, 0.25) is 11.7 Å². The average molecular weight is 225 g/mol. The van der Waals surface area contributed by atoms with E-state index in [-0.39, 0.29) is 11.5 Å². The summed E-state index contributed by atoms with van der Waals surface area (Å²) < 4.78 is 5.45. The second-order valence-corrected chi connectivity index (χ2v) is 3.50. The molecule has 1 aromatic heterocycles. The molecule has 1 aromatic carbocycles. The van der Waals surface area contributed by atoms with Crippen LogP contribution < -0.4 is 0 Å². The van der Waals surface area contributed by atoms with E-state index >= 15 is 0 Å². The van der Waals surface area contributed by atoms with Crippen molar-refractivity contribution in [3.63, 3.8) is 0 Å². The highest BCUT2D eigenvalue weighted by molar-refractivity contribution is 6.07. The smallest absolute Gasteiger partial charge is 0.273 e. The SMILES string of the molecule is CC#CC(=O)c1oc(-c2ccccc2)nc1C. The Hall–Kier alpha value is -2.34. The maximum atomic E-state index is 11.6. The number of aromatic nitrogens is 1. The van der Waals surface area contributed by atoms with E-state index in [1.165, 1.54) is 0 Å². The molecule has 3 nitrogen and oxygen atoms in total. The summed E-state index contributed by atoms with van der Waals surface area (Å²) in [4.78, 5) is 15.8. The first-order valence-electron chi connectivity index (χ1n) is 5.22. The van der Waals surface area contributed by atoms with E-state index in [9.17, 15) is 4.79 Å². The van der Waals surface area contributed by atoms with Gasteiger partial charge in [-0.25, -0.2) is 4.98 Å². The zero-order valence-corrected chi connectivity index (χ0v) is 9.65. The number of aryl methyl sites for hydroxylation is 1. The average Bonchev–Trinajstić information content (AvgIpc) is 2.73. The zero-order valence-electron chi connectivity index (χ0n) is 9.65. The van der Waals surface area contributed by atoms with Crippen LogP contribution in [0.3, 0.4) is 0 Å². The molecule has 84 valence electrons. The normalized spacial score (nSPS) is 9.53. The largest absolute Gasteiger partial charge is 0.432 e. The van der Waals surface area contributed by atoms with Gasteiger partial charge in [-0.3, -0.25) is 4.79 Å². The number of hydrogen-bond donors (Lipinski definition) is 0. The summed E-state index contributed by atoms with van der Waals surface area (Å²) in [7, 11) is 0. The van der Waals surface area contributed by atoms with Crippen LogP contribution in [-0.2, 0) is 0 Å². The minimum atomic E-state index is -0.334. The molecule has 0 aliphatic rings. The van der Waals surface area contributed by atoms with E-state index < -0.39 is 0 Å². The molecule has 0 spiro atoms. The number of nitrogens with zero attached hydrogens (tertiary/aromatic N) is 1. The first-order valence-corrected chi connectivity index (χ1v) is 5.22. The Kier molecular flexibility index (Phi) is 3.06. The van der Waals surface area contributed by atoms with Gasteiger partial charge in [0.1, 0.15) is 0 Å². The monoisotopic (exact) mass is 225 g/mol. The van der Waals surface area contributed by atoms with Crippen LogP contribution in [0.2, 0.25) is 0 Å². The number of carbonyl (C=O) groups is 1. The number of rotatable bonds is 2. The second-order valence-electron chi connectivity index (χ2n) is 3.50. The molecule has 0 aliphatic heterocycles. The van der Waals surface area contributed by atoms with Crippen LogP contribution in [0.4, 0.5) is 0 Å². The van der Waals surface area contributed by atoms with Gasteiger partial charge >= 0.3 is 0 Å². The van der Waals surface area contributed by atoms with Gasteiger partial charge in [0, 0.05) is 5.56 Å². The number of oxazole rings is 1. The number of Topliss-reactive ketones (excluding diaryl/α,β-unsaturated/α-hetero) is 1. The van der Waals surface area contributed by atoms with E-state index in [4.69, 9.17) is 4.42 Å². The zero-order chi connectivity index (χ0) is 12.3. The van der Waals surface area contributed by atoms with Crippen molar-refractivity contribution in [2.75, 3.05) is 0 Å². The van der Waals surface area contributed by atoms with Crippen LogP contribution in [0.25, 0.3) is 11.5 Å². The summed E-state index contributed by atoms with van der Waals surface area (Å²) in [6.07, 6.45) is 0. The van der Waals surface area contributed by atoms with Crippen LogP contribution in [0, 0.1) is 18.8 Å². The molecule has 3 heteroatoms. The van der Waals surface area contributed by atoms with Crippen LogP contribution in [-0.4, -0.2) is 10.8 Å². The molecule has 0 unspecified atom stereocenters. The van der Waals surface area contributed by atoms with Crippen molar-refractivity contribution in [2.24, 2.45) is 0 Å². The van der Waals surface area contributed by atoms with Crippen molar-refractivity contribution in [3.05, 3.63) is 41.8 Å². The molecule has 0 amide bonds. The van der Waals surface area contributed by atoms with Gasteiger partial charge in [0.05, 0.1) is 5.69 Å². The standard InChI is InChI=1S/C14H11NO2/c1-3-7-12(16)13-10(2)15-14(17-13)11-8-5-4-6-9-11/h4-6,8-9H,1-2H3. The Labute approximate surface area is 99.5 Å². The summed E-state index contributed by atoms with van der Waals surface area (Å²) >= 11 is 0. The molecule has 0 fully saturated rings. The van der Waals surface area contributed by atoms with E-state index in [2.05, 4.69) is 16.8 Å². The topological polar surface area (TPSA) is 43.1 Å². The quantitative estimate of drug-likeness (QED) is 0.448. The van der Waals surface area contributed by atoms with Gasteiger partial charge in [-0.1, -0.05) is 24.1 Å². The molecule has 0 aliphatic carbocycles. The molecule has 17 heavy (non-hydrogen) atoms. The fourth-order valence-corrected chi connectivity index (χ4v) is 1.48. The highest BCUT2D eigenvalue weighted by atomic mass is 16.4. The summed E-state index contributed by atoms with van der Waals surface area (Å²) in [6.45, 7) is 3.35. The Bertz CT molecular complexity index is 600. The van der Waals surface area contributed by atoms with Crippen LogP contribution in [0.5, 0.6) is 0 Å².